The highest BCUT2D eigenvalue weighted by Crippen LogP contribution is 2.60. The molecule has 9 unspecified atom stereocenters. The Morgan fingerprint density at radius 2 is 2.03 bits per heavy atom. The fraction of sp³-hybridized carbons (Fsp3) is 0.857. The lowest BCUT2D eigenvalue weighted by Crippen LogP contribution is -2.64. The molecule has 0 aromatic carbocycles. The Bertz CT molecular complexity index is 878. The number of fused-ring (bicyclic) bond motifs is 2. The number of carbonyl (C=O) groups is 2. The van der Waals surface area contributed by atoms with E-state index in [4.69, 9.17) is 19.9 Å². The first-order chi connectivity index (χ1) is 17.3. The van der Waals surface area contributed by atoms with Crippen LogP contribution in [0.15, 0.2) is 11.6 Å². The van der Waals surface area contributed by atoms with Crippen LogP contribution in [-0.2, 0) is 23.8 Å². The second-order valence-electron chi connectivity index (χ2n) is 12.1. The van der Waals surface area contributed by atoms with Gasteiger partial charge in [-0.3, -0.25) is 4.79 Å². The zero-order valence-corrected chi connectivity index (χ0v) is 21.9. The van der Waals surface area contributed by atoms with Crippen LogP contribution in [0.3, 0.4) is 0 Å². The van der Waals surface area contributed by atoms with Crippen molar-refractivity contribution < 1.29 is 28.9 Å². The van der Waals surface area contributed by atoms with Gasteiger partial charge < -0.3 is 30.4 Å². The maximum absolute atomic E-state index is 13.3. The second kappa shape index (κ2) is 10.4. The summed E-state index contributed by atoms with van der Waals surface area (Å²) < 4.78 is 19.4. The van der Waals surface area contributed by atoms with E-state index in [2.05, 4.69) is 12.2 Å². The lowest BCUT2D eigenvalue weighted by Gasteiger charge is -2.55. The van der Waals surface area contributed by atoms with Crippen LogP contribution in [0.4, 0.5) is 0 Å². The van der Waals surface area contributed by atoms with Crippen LogP contribution < -0.4 is 11.1 Å². The number of nitrogens with two attached hydrogens (primary N) is 1. The highest BCUT2D eigenvalue weighted by atomic mass is 16.6. The van der Waals surface area contributed by atoms with E-state index in [0.29, 0.717) is 29.7 Å². The van der Waals surface area contributed by atoms with Crippen LogP contribution in [0.25, 0.3) is 0 Å². The molecule has 0 radical (unpaired) electrons. The average Bonchev–Trinajstić information content (AvgIpc) is 3.22. The van der Waals surface area contributed by atoms with Crippen molar-refractivity contribution in [2.75, 3.05) is 13.2 Å². The fourth-order valence-corrected chi connectivity index (χ4v) is 8.28. The summed E-state index contributed by atoms with van der Waals surface area (Å²) in [6.45, 7) is 4.69. The van der Waals surface area contributed by atoms with E-state index in [9.17, 15) is 14.7 Å². The number of carbonyl (C=O) groups excluding carboxylic acids is 2. The van der Waals surface area contributed by atoms with Crippen LogP contribution in [0, 0.1) is 23.7 Å². The zero-order chi connectivity index (χ0) is 25.5. The van der Waals surface area contributed by atoms with E-state index in [1.807, 2.05) is 6.92 Å². The van der Waals surface area contributed by atoms with Gasteiger partial charge in [0.05, 0.1) is 12.3 Å². The molecule has 2 aliphatic carbocycles. The van der Waals surface area contributed by atoms with E-state index in [1.165, 1.54) is 0 Å². The Balaban J connectivity index is 1.47. The molecule has 0 aromatic heterocycles. The third-order valence-corrected chi connectivity index (χ3v) is 10.1. The lowest BCUT2D eigenvalue weighted by molar-refractivity contribution is -0.243. The molecule has 8 nitrogen and oxygen atoms in total. The van der Waals surface area contributed by atoms with Gasteiger partial charge in [-0.25, -0.2) is 4.79 Å². The zero-order valence-electron chi connectivity index (χ0n) is 21.9. The minimum Gasteiger partial charge on any atom is -0.462 e. The van der Waals surface area contributed by atoms with E-state index in [-0.39, 0.29) is 49.3 Å². The number of ether oxygens (including phenoxy) is 3. The summed E-state index contributed by atoms with van der Waals surface area (Å²) >= 11 is 0. The fourth-order valence-electron chi connectivity index (χ4n) is 8.28. The minimum absolute atomic E-state index is 0.00444. The third kappa shape index (κ3) is 4.63. The maximum Gasteiger partial charge on any atom is 0.334 e. The first-order valence-electron chi connectivity index (χ1n) is 14.1. The van der Waals surface area contributed by atoms with Gasteiger partial charge in [-0.15, -0.1) is 0 Å². The smallest absolute Gasteiger partial charge is 0.334 e. The normalized spacial score (nSPS) is 45.1. The average molecular weight is 505 g/mol. The molecular formula is C28H44N2O6. The molecule has 5 aliphatic rings. The highest BCUT2D eigenvalue weighted by Gasteiger charge is 2.66. The van der Waals surface area contributed by atoms with Crippen molar-refractivity contribution in [3.8, 4) is 0 Å². The van der Waals surface area contributed by atoms with Gasteiger partial charge in [-0.2, -0.15) is 0 Å². The van der Waals surface area contributed by atoms with Crippen LogP contribution in [0.5, 0.6) is 0 Å². The van der Waals surface area contributed by atoms with Gasteiger partial charge in [0.2, 0.25) is 0 Å². The van der Waals surface area contributed by atoms with Crippen molar-refractivity contribution in [1.29, 1.82) is 0 Å². The van der Waals surface area contributed by atoms with Gasteiger partial charge in [0.15, 0.2) is 0 Å². The predicted molar refractivity (Wildman–Crippen MR) is 134 cm³/mol. The Hall–Kier alpha value is -1.48. The summed E-state index contributed by atoms with van der Waals surface area (Å²) in [6.07, 6.45) is 10.6. The minimum atomic E-state index is -0.773. The quantitative estimate of drug-likeness (QED) is 0.386. The first-order valence-corrected chi connectivity index (χ1v) is 14.1. The van der Waals surface area contributed by atoms with E-state index in [1.54, 1.807) is 6.08 Å². The molecule has 2 saturated carbocycles. The van der Waals surface area contributed by atoms with Crippen LogP contribution in [-0.4, -0.2) is 59.8 Å². The Kier molecular flexibility index (Phi) is 7.52. The van der Waals surface area contributed by atoms with E-state index >= 15 is 0 Å². The van der Waals surface area contributed by atoms with Gasteiger partial charge in [-0.05, 0) is 95.4 Å². The summed E-state index contributed by atoms with van der Waals surface area (Å²) in [7, 11) is 0. The first kappa shape index (κ1) is 26.1. The monoisotopic (exact) mass is 504 g/mol. The summed E-state index contributed by atoms with van der Waals surface area (Å²) in [5.41, 5.74) is 5.50. The summed E-state index contributed by atoms with van der Waals surface area (Å²) in [5.74, 6) is 0.971. The number of nitrogens with one attached hydrogen (secondary N) is 1. The van der Waals surface area contributed by atoms with Crippen molar-refractivity contribution in [1.82, 2.24) is 5.32 Å². The van der Waals surface area contributed by atoms with Crippen LogP contribution >= 0.6 is 0 Å². The Labute approximate surface area is 214 Å². The Morgan fingerprint density at radius 3 is 2.78 bits per heavy atom. The largest absolute Gasteiger partial charge is 0.462 e. The lowest BCUT2D eigenvalue weighted by atomic mass is 9.58. The number of piperidine rings is 1. The van der Waals surface area contributed by atoms with Crippen molar-refractivity contribution >= 4 is 11.9 Å². The molecule has 4 N–H and O–H groups in total. The number of allylic oxidation sites excluding steroid dienone is 1. The van der Waals surface area contributed by atoms with Crippen molar-refractivity contribution in [3.63, 3.8) is 0 Å². The van der Waals surface area contributed by atoms with Gasteiger partial charge >= 0.3 is 11.9 Å². The molecule has 0 bridgehead atoms. The number of hydrogen-bond acceptors (Lipinski definition) is 8. The molecular weight excluding hydrogens is 460 g/mol. The number of hydrogen-bond donors (Lipinski definition) is 3. The molecule has 9 atom stereocenters. The van der Waals surface area contributed by atoms with Gasteiger partial charge in [-0.1, -0.05) is 6.08 Å². The van der Waals surface area contributed by atoms with Crippen LogP contribution in [0.2, 0.25) is 0 Å². The van der Waals surface area contributed by atoms with Gasteiger partial charge in [0.25, 0.3) is 0 Å². The number of aliphatic hydroxyl groups excluding tert-OH is 1. The third-order valence-electron chi connectivity index (χ3n) is 10.1. The summed E-state index contributed by atoms with van der Waals surface area (Å²) in [6, 6.07) is 0. The highest BCUT2D eigenvalue weighted by molar-refractivity contribution is 5.88. The summed E-state index contributed by atoms with van der Waals surface area (Å²) in [5, 5.41) is 12.8. The molecule has 5 rings (SSSR count). The second-order valence-corrected chi connectivity index (χ2v) is 12.1. The van der Waals surface area contributed by atoms with Crippen molar-refractivity contribution in [2.24, 2.45) is 29.4 Å². The molecule has 5 fully saturated rings. The standard InChI is InChI=1S/C28H44N2O6/c1-3-17(9-12-31)26(33)36-27(2)10-4-5-21(18-8-11-30-24(29)14-18)28(27)16-20-13-19-6-7-25(32)34-22(19)15-23(20)35-28/h3,18-24,30-31H,4-16,29H2,1-2H3. The molecule has 3 aliphatic heterocycles. The topological polar surface area (TPSA) is 120 Å². The van der Waals surface area contributed by atoms with Crippen molar-refractivity contribution in [3.05, 3.63) is 11.6 Å². The maximum atomic E-state index is 13.3. The number of aliphatic hydroxyl groups is 1. The molecule has 0 aromatic rings. The SMILES string of the molecule is CC=C(CCO)C(=O)OC1(C)CCCC(C2CCNC(N)C2)C12CC1CC3CCC(=O)OC3CC1O2. The van der Waals surface area contributed by atoms with E-state index in [0.717, 1.165) is 64.3 Å². The molecule has 3 heterocycles. The molecule has 0 amide bonds. The van der Waals surface area contributed by atoms with Gasteiger partial charge in [0.1, 0.15) is 17.3 Å². The molecule has 202 valence electrons. The molecule has 1 spiro atoms. The Morgan fingerprint density at radius 1 is 1.19 bits per heavy atom. The number of rotatable bonds is 5. The molecule has 36 heavy (non-hydrogen) atoms. The number of esters is 2. The predicted octanol–water partition coefficient (Wildman–Crippen LogP) is 2.96. The van der Waals surface area contributed by atoms with Crippen molar-refractivity contribution in [2.45, 2.75) is 114 Å². The molecule has 3 saturated heterocycles. The summed E-state index contributed by atoms with van der Waals surface area (Å²) in [4.78, 5) is 25.3. The van der Waals surface area contributed by atoms with E-state index < -0.39 is 11.2 Å². The van der Waals surface area contributed by atoms with Gasteiger partial charge in [0, 0.05) is 31.4 Å². The van der Waals surface area contributed by atoms with Crippen LogP contribution in [0.1, 0.15) is 84.5 Å². The molecule has 8 heteroatoms.